The molecule has 82 valence electrons. The fraction of sp³-hybridized carbons (Fsp3) is 0. The Morgan fingerprint density at radius 2 is 2.31 bits per heavy atom. The SMILES string of the molecule is O=C(Nc1ccc(Cl)cn1)c1cc(Br)cs1. The van der Waals surface area contributed by atoms with Crippen molar-refractivity contribution in [3.63, 3.8) is 0 Å². The number of amides is 1. The maximum atomic E-state index is 11.7. The van der Waals surface area contributed by atoms with E-state index in [4.69, 9.17) is 11.6 Å². The van der Waals surface area contributed by atoms with E-state index in [1.165, 1.54) is 17.5 Å². The summed E-state index contributed by atoms with van der Waals surface area (Å²) in [5.41, 5.74) is 0. The van der Waals surface area contributed by atoms with Gasteiger partial charge in [0.2, 0.25) is 0 Å². The fourth-order valence-corrected chi connectivity index (χ4v) is 2.49. The molecule has 0 aliphatic rings. The van der Waals surface area contributed by atoms with E-state index in [1.807, 2.05) is 5.38 Å². The van der Waals surface area contributed by atoms with Gasteiger partial charge in [-0.3, -0.25) is 4.79 Å². The molecule has 2 aromatic rings. The summed E-state index contributed by atoms with van der Waals surface area (Å²) in [7, 11) is 0. The van der Waals surface area contributed by atoms with E-state index in [-0.39, 0.29) is 5.91 Å². The van der Waals surface area contributed by atoms with Gasteiger partial charge >= 0.3 is 0 Å². The van der Waals surface area contributed by atoms with E-state index in [1.54, 1.807) is 18.2 Å². The van der Waals surface area contributed by atoms with Crippen molar-refractivity contribution >= 4 is 50.6 Å². The van der Waals surface area contributed by atoms with Crippen molar-refractivity contribution in [1.29, 1.82) is 0 Å². The van der Waals surface area contributed by atoms with E-state index in [2.05, 4.69) is 26.2 Å². The van der Waals surface area contributed by atoms with Crippen LogP contribution in [0.15, 0.2) is 34.2 Å². The number of nitrogens with zero attached hydrogens (tertiary/aromatic N) is 1. The number of pyridine rings is 1. The van der Waals surface area contributed by atoms with Crippen LogP contribution in [0, 0.1) is 0 Å². The minimum atomic E-state index is -0.175. The standard InChI is InChI=1S/C10H6BrClN2OS/c11-6-3-8(16-5-6)10(15)14-9-2-1-7(12)4-13-9/h1-5H,(H,13,14,15). The summed E-state index contributed by atoms with van der Waals surface area (Å²) in [6.45, 7) is 0. The van der Waals surface area contributed by atoms with Crippen LogP contribution >= 0.6 is 38.9 Å². The van der Waals surface area contributed by atoms with E-state index >= 15 is 0 Å². The first kappa shape index (κ1) is 11.6. The molecule has 2 heterocycles. The Bertz CT molecular complexity index is 512. The van der Waals surface area contributed by atoms with Crippen molar-refractivity contribution in [3.05, 3.63) is 44.1 Å². The van der Waals surface area contributed by atoms with Gasteiger partial charge in [0.15, 0.2) is 0 Å². The highest BCUT2D eigenvalue weighted by Gasteiger charge is 2.08. The zero-order valence-electron chi connectivity index (χ0n) is 7.91. The zero-order valence-corrected chi connectivity index (χ0v) is 11.1. The molecule has 0 bridgehead atoms. The number of thiophene rings is 1. The van der Waals surface area contributed by atoms with Crippen molar-refractivity contribution < 1.29 is 4.79 Å². The van der Waals surface area contributed by atoms with Gasteiger partial charge in [-0.05, 0) is 34.1 Å². The lowest BCUT2D eigenvalue weighted by atomic mass is 10.4. The molecule has 0 aliphatic heterocycles. The molecule has 6 heteroatoms. The van der Waals surface area contributed by atoms with Crippen molar-refractivity contribution in [2.24, 2.45) is 0 Å². The second-order valence-corrected chi connectivity index (χ2v) is 5.21. The van der Waals surface area contributed by atoms with Crippen LogP contribution in [-0.4, -0.2) is 10.9 Å². The first-order valence-electron chi connectivity index (χ1n) is 4.32. The predicted octanol–water partition coefficient (Wildman–Crippen LogP) is 3.81. The van der Waals surface area contributed by atoms with Gasteiger partial charge in [-0.1, -0.05) is 11.6 Å². The molecule has 1 amide bonds. The molecule has 0 saturated carbocycles. The normalized spacial score (nSPS) is 10.1. The second-order valence-electron chi connectivity index (χ2n) is 2.94. The van der Waals surface area contributed by atoms with Crippen molar-refractivity contribution in [2.45, 2.75) is 0 Å². The topological polar surface area (TPSA) is 42.0 Å². The highest BCUT2D eigenvalue weighted by Crippen LogP contribution is 2.20. The van der Waals surface area contributed by atoms with Crippen LogP contribution in [0.2, 0.25) is 5.02 Å². The summed E-state index contributed by atoms with van der Waals surface area (Å²) in [6, 6.07) is 5.09. The molecule has 2 aromatic heterocycles. The Hall–Kier alpha value is -0.910. The van der Waals surface area contributed by atoms with Gasteiger partial charge in [-0.2, -0.15) is 0 Å². The summed E-state index contributed by atoms with van der Waals surface area (Å²) in [5, 5.41) is 5.07. The van der Waals surface area contributed by atoms with Crippen LogP contribution in [0.4, 0.5) is 5.82 Å². The molecule has 0 spiro atoms. The van der Waals surface area contributed by atoms with Gasteiger partial charge < -0.3 is 5.32 Å². The first-order valence-corrected chi connectivity index (χ1v) is 6.37. The molecule has 0 atom stereocenters. The van der Waals surface area contributed by atoms with Crippen molar-refractivity contribution in [3.8, 4) is 0 Å². The highest BCUT2D eigenvalue weighted by atomic mass is 79.9. The van der Waals surface area contributed by atoms with Crippen LogP contribution in [0.1, 0.15) is 9.67 Å². The number of rotatable bonds is 2. The molecule has 0 aromatic carbocycles. The number of carbonyl (C=O) groups is 1. The summed E-state index contributed by atoms with van der Waals surface area (Å²) in [4.78, 5) is 16.3. The summed E-state index contributed by atoms with van der Waals surface area (Å²) in [5.74, 6) is 0.310. The molecular formula is C10H6BrClN2OS. The molecule has 0 fully saturated rings. The third-order valence-corrected chi connectivity index (χ3v) is 3.67. The lowest BCUT2D eigenvalue weighted by Gasteiger charge is -2.01. The Morgan fingerprint density at radius 1 is 1.50 bits per heavy atom. The lowest BCUT2D eigenvalue weighted by molar-refractivity contribution is 0.103. The van der Waals surface area contributed by atoms with Crippen LogP contribution in [-0.2, 0) is 0 Å². The van der Waals surface area contributed by atoms with Crippen LogP contribution in [0.3, 0.4) is 0 Å². The monoisotopic (exact) mass is 316 g/mol. The smallest absolute Gasteiger partial charge is 0.266 e. The number of carbonyl (C=O) groups excluding carboxylic acids is 1. The van der Waals surface area contributed by atoms with Crippen LogP contribution < -0.4 is 5.32 Å². The number of hydrogen-bond donors (Lipinski definition) is 1. The average Bonchev–Trinajstić information content (AvgIpc) is 2.68. The minimum absolute atomic E-state index is 0.175. The summed E-state index contributed by atoms with van der Waals surface area (Å²) in [6.07, 6.45) is 1.49. The molecular weight excluding hydrogens is 312 g/mol. The van der Waals surface area contributed by atoms with Gasteiger partial charge in [0.1, 0.15) is 5.82 Å². The Labute approximate surface area is 110 Å². The van der Waals surface area contributed by atoms with E-state index in [0.29, 0.717) is 15.7 Å². The summed E-state index contributed by atoms with van der Waals surface area (Å²) >= 11 is 10.3. The maximum absolute atomic E-state index is 11.7. The number of hydrogen-bond acceptors (Lipinski definition) is 3. The Balaban J connectivity index is 2.10. The maximum Gasteiger partial charge on any atom is 0.266 e. The number of halogens is 2. The zero-order chi connectivity index (χ0) is 11.5. The van der Waals surface area contributed by atoms with Crippen LogP contribution in [0.25, 0.3) is 0 Å². The van der Waals surface area contributed by atoms with Gasteiger partial charge in [0, 0.05) is 16.0 Å². The number of nitrogens with one attached hydrogen (secondary N) is 1. The lowest BCUT2D eigenvalue weighted by Crippen LogP contribution is -2.10. The van der Waals surface area contributed by atoms with Gasteiger partial charge in [0.05, 0.1) is 9.90 Å². The largest absolute Gasteiger partial charge is 0.306 e. The molecule has 0 radical (unpaired) electrons. The third kappa shape index (κ3) is 2.81. The molecule has 1 N–H and O–H groups in total. The van der Waals surface area contributed by atoms with Gasteiger partial charge in [-0.15, -0.1) is 11.3 Å². The molecule has 0 aliphatic carbocycles. The molecule has 0 unspecified atom stereocenters. The molecule has 16 heavy (non-hydrogen) atoms. The highest BCUT2D eigenvalue weighted by molar-refractivity contribution is 9.10. The number of anilines is 1. The van der Waals surface area contributed by atoms with Crippen molar-refractivity contribution in [2.75, 3.05) is 5.32 Å². The van der Waals surface area contributed by atoms with Gasteiger partial charge in [0.25, 0.3) is 5.91 Å². The fourth-order valence-electron chi connectivity index (χ4n) is 1.06. The second kappa shape index (κ2) is 4.95. The quantitative estimate of drug-likeness (QED) is 0.915. The van der Waals surface area contributed by atoms with E-state index < -0.39 is 0 Å². The van der Waals surface area contributed by atoms with E-state index in [0.717, 1.165) is 4.47 Å². The van der Waals surface area contributed by atoms with Crippen LogP contribution in [0.5, 0.6) is 0 Å². The summed E-state index contributed by atoms with van der Waals surface area (Å²) < 4.78 is 0.895. The molecule has 3 nitrogen and oxygen atoms in total. The third-order valence-electron chi connectivity index (χ3n) is 1.76. The van der Waals surface area contributed by atoms with Gasteiger partial charge in [-0.25, -0.2) is 4.98 Å². The minimum Gasteiger partial charge on any atom is -0.306 e. The number of aromatic nitrogens is 1. The Morgan fingerprint density at radius 3 is 2.88 bits per heavy atom. The Kier molecular flexibility index (Phi) is 3.58. The molecule has 0 saturated heterocycles. The van der Waals surface area contributed by atoms with E-state index in [9.17, 15) is 4.79 Å². The predicted molar refractivity (Wildman–Crippen MR) is 69.2 cm³/mol. The average molecular weight is 318 g/mol. The first-order chi connectivity index (χ1) is 7.65. The van der Waals surface area contributed by atoms with Crippen molar-refractivity contribution in [1.82, 2.24) is 4.98 Å². The molecule has 2 rings (SSSR count).